The normalized spacial score (nSPS) is 20.4. The van der Waals surface area contributed by atoms with Crippen LogP contribution in [0.5, 0.6) is 0 Å². The van der Waals surface area contributed by atoms with Gasteiger partial charge in [-0.15, -0.1) is 0 Å². The summed E-state index contributed by atoms with van der Waals surface area (Å²) in [5, 5.41) is 0. The molecule has 1 aromatic carbocycles. The minimum atomic E-state index is -3.47. The molecule has 0 saturated carbocycles. The fourth-order valence-electron chi connectivity index (χ4n) is 2.58. The molecule has 0 aromatic heterocycles. The van der Waals surface area contributed by atoms with Crippen LogP contribution in [0.2, 0.25) is 0 Å². The third-order valence-electron chi connectivity index (χ3n) is 4.07. The van der Waals surface area contributed by atoms with Gasteiger partial charge in [0.15, 0.2) is 0 Å². The van der Waals surface area contributed by atoms with Crippen LogP contribution >= 0.6 is 15.9 Å². The van der Waals surface area contributed by atoms with E-state index in [0.29, 0.717) is 24.5 Å². The first-order valence-corrected chi connectivity index (χ1v) is 9.16. The lowest BCUT2D eigenvalue weighted by molar-refractivity contribution is 0.302. The van der Waals surface area contributed by atoms with Gasteiger partial charge in [-0.05, 0) is 50.7 Å². The van der Waals surface area contributed by atoms with Gasteiger partial charge in [0, 0.05) is 30.1 Å². The fraction of sp³-hybridized carbons (Fsp3) is 0.571. The Kier molecular flexibility index (Phi) is 5.10. The molecule has 1 aromatic rings. The molecule has 0 radical (unpaired) electrons. The summed E-state index contributed by atoms with van der Waals surface area (Å²) >= 11 is 3.43. The van der Waals surface area contributed by atoms with Gasteiger partial charge in [-0.25, -0.2) is 8.42 Å². The number of hydrogen-bond acceptors (Lipinski definition) is 4. The van der Waals surface area contributed by atoms with Crippen molar-refractivity contribution >= 4 is 26.0 Å². The van der Waals surface area contributed by atoms with Gasteiger partial charge in [-0.3, -0.25) is 0 Å². The highest BCUT2D eigenvalue weighted by Crippen LogP contribution is 2.30. The Hall–Kier alpha value is -0.470. The van der Waals surface area contributed by atoms with E-state index < -0.39 is 10.0 Å². The average molecular weight is 376 g/mol. The van der Waals surface area contributed by atoms with Gasteiger partial charge in [-0.2, -0.15) is 4.31 Å². The van der Waals surface area contributed by atoms with E-state index >= 15 is 0 Å². The zero-order chi connectivity index (χ0) is 15.8. The molecule has 0 bridgehead atoms. The van der Waals surface area contributed by atoms with Crippen LogP contribution in [0.1, 0.15) is 17.5 Å². The van der Waals surface area contributed by atoms with Crippen LogP contribution in [0.15, 0.2) is 21.5 Å². The SMILES string of the molecule is Cc1c(Br)cc(CN)cc1S(=O)(=O)N1CCC(N(C)C)C1. The van der Waals surface area contributed by atoms with E-state index in [-0.39, 0.29) is 6.04 Å². The van der Waals surface area contributed by atoms with Crippen LogP contribution in [-0.2, 0) is 16.6 Å². The molecule has 1 heterocycles. The van der Waals surface area contributed by atoms with Crippen molar-refractivity contribution < 1.29 is 8.42 Å². The van der Waals surface area contributed by atoms with Crippen molar-refractivity contribution in [3.8, 4) is 0 Å². The van der Waals surface area contributed by atoms with Crippen molar-refractivity contribution in [1.82, 2.24) is 9.21 Å². The molecule has 0 aliphatic carbocycles. The quantitative estimate of drug-likeness (QED) is 0.866. The molecule has 1 atom stereocenters. The van der Waals surface area contributed by atoms with Gasteiger partial charge in [-0.1, -0.05) is 15.9 Å². The molecule has 1 unspecified atom stereocenters. The van der Waals surface area contributed by atoms with Crippen LogP contribution in [0.25, 0.3) is 0 Å². The Morgan fingerprint density at radius 1 is 1.43 bits per heavy atom. The zero-order valence-corrected chi connectivity index (χ0v) is 15.0. The molecule has 118 valence electrons. The van der Waals surface area contributed by atoms with Crippen molar-refractivity contribution in [1.29, 1.82) is 0 Å². The minimum Gasteiger partial charge on any atom is -0.326 e. The highest BCUT2D eigenvalue weighted by Gasteiger charge is 2.34. The van der Waals surface area contributed by atoms with Crippen molar-refractivity contribution in [2.75, 3.05) is 27.2 Å². The Labute approximate surface area is 135 Å². The van der Waals surface area contributed by atoms with E-state index in [1.165, 1.54) is 0 Å². The van der Waals surface area contributed by atoms with E-state index in [0.717, 1.165) is 22.0 Å². The Morgan fingerprint density at radius 2 is 2.10 bits per heavy atom. The number of nitrogens with zero attached hydrogens (tertiary/aromatic N) is 2. The third kappa shape index (κ3) is 3.32. The maximum Gasteiger partial charge on any atom is 0.243 e. The summed E-state index contributed by atoms with van der Waals surface area (Å²) in [5.74, 6) is 0. The average Bonchev–Trinajstić information content (AvgIpc) is 2.92. The van der Waals surface area contributed by atoms with Crippen LogP contribution in [-0.4, -0.2) is 50.8 Å². The lowest BCUT2D eigenvalue weighted by Gasteiger charge is -2.21. The molecule has 5 nitrogen and oxygen atoms in total. The van der Waals surface area contributed by atoms with Gasteiger partial charge in [0.25, 0.3) is 0 Å². The number of benzene rings is 1. The summed E-state index contributed by atoms with van der Waals surface area (Å²) in [6, 6.07) is 3.85. The second-order valence-corrected chi connectivity index (χ2v) is 8.43. The maximum absolute atomic E-state index is 12.9. The Balaban J connectivity index is 2.39. The van der Waals surface area contributed by atoms with E-state index in [1.54, 1.807) is 10.4 Å². The molecule has 1 saturated heterocycles. The molecule has 7 heteroatoms. The summed E-state index contributed by atoms with van der Waals surface area (Å²) in [7, 11) is 0.498. The van der Waals surface area contributed by atoms with Gasteiger partial charge < -0.3 is 10.6 Å². The first kappa shape index (κ1) is 16.9. The van der Waals surface area contributed by atoms with Crippen molar-refractivity contribution in [2.24, 2.45) is 5.73 Å². The standard InChI is InChI=1S/C14H22BrN3O2S/c1-10-13(15)6-11(8-16)7-14(10)21(19,20)18-5-4-12(9-18)17(2)3/h6-7,12H,4-5,8-9,16H2,1-3H3. The molecule has 1 aliphatic heterocycles. The van der Waals surface area contributed by atoms with Crippen LogP contribution in [0, 0.1) is 6.92 Å². The molecule has 1 fully saturated rings. The Morgan fingerprint density at radius 3 is 2.62 bits per heavy atom. The van der Waals surface area contributed by atoms with Crippen molar-refractivity contribution in [3.05, 3.63) is 27.7 Å². The molecular weight excluding hydrogens is 354 g/mol. The van der Waals surface area contributed by atoms with Crippen molar-refractivity contribution in [2.45, 2.75) is 30.8 Å². The predicted octanol–water partition coefficient (Wildman–Crippen LogP) is 1.54. The molecule has 0 amide bonds. The number of hydrogen-bond donors (Lipinski definition) is 1. The maximum atomic E-state index is 12.9. The number of nitrogens with two attached hydrogens (primary N) is 1. The molecule has 2 rings (SSSR count). The van der Waals surface area contributed by atoms with Gasteiger partial charge in [0.1, 0.15) is 0 Å². The van der Waals surface area contributed by atoms with Crippen LogP contribution in [0.4, 0.5) is 0 Å². The van der Waals surface area contributed by atoms with Crippen LogP contribution < -0.4 is 5.73 Å². The highest BCUT2D eigenvalue weighted by atomic mass is 79.9. The predicted molar refractivity (Wildman–Crippen MR) is 87.6 cm³/mol. The monoisotopic (exact) mass is 375 g/mol. The minimum absolute atomic E-state index is 0.279. The largest absolute Gasteiger partial charge is 0.326 e. The Bertz CT molecular complexity index is 631. The molecule has 2 N–H and O–H groups in total. The lowest BCUT2D eigenvalue weighted by atomic mass is 10.1. The number of sulfonamides is 1. The van der Waals surface area contributed by atoms with Crippen molar-refractivity contribution in [3.63, 3.8) is 0 Å². The zero-order valence-electron chi connectivity index (χ0n) is 12.6. The summed E-state index contributed by atoms with van der Waals surface area (Å²) in [6.45, 7) is 3.24. The van der Waals surface area contributed by atoms with Crippen LogP contribution in [0.3, 0.4) is 0 Å². The fourth-order valence-corrected chi connectivity index (χ4v) is 5.01. The third-order valence-corrected chi connectivity index (χ3v) is 6.88. The molecule has 0 spiro atoms. The number of likely N-dealkylation sites (N-methyl/N-ethyl adjacent to an activating group) is 1. The molecule has 1 aliphatic rings. The topological polar surface area (TPSA) is 66.6 Å². The summed E-state index contributed by atoms with van der Waals surface area (Å²) < 4.78 is 28.1. The first-order valence-electron chi connectivity index (χ1n) is 6.93. The van der Waals surface area contributed by atoms with E-state index in [9.17, 15) is 8.42 Å². The number of rotatable bonds is 4. The van der Waals surface area contributed by atoms with Gasteiger partial charge >= 0.3 is 0 Å². The summed E-state index contributed by atoms with van der Waals surface area (Å²) in [6.07, 6.45) is 0.864. The van der Waals surface area contributed by atoms with E-state index in [1.807, 2.05) is 27.1 Å². The second-order valence-electron chi connectivity index (χ2n) is 5.67. The first-order chi connectivity index (χ1) is 9.77. The summed E-state index contributed by atoms with van der Waals surface area (Å²) in [5.41, 5.74) is 7.21. The van der Waals surface area contributed by atoms with Gasteiger partial charge in [0.2, 0.25) is 10.0 Å². The lowest BCUT2D eigenvalue weighted by Crippen LogP contribution is -2.34. The van der Waals surface area contributed by atoms with E-state index in [2.05, 4.69) is 20.8 Å². The summed E-state index contributed by atoms with van der Waals surface area (Å²) in [4.78, 5) is 2.44. The van der Waals surface area contributed by atoms with E-state index in [4.69, 9.17) is 5.73 Å². The second kappa shape index (κ2) is 6.34. The molecular formula is C14H22BrN3O2S. The highest BCUT2D eigenvalue weighted by molar-refractivity contribution is 9.10. The smallest absolute Gasteiger partial charge is 0.243 e. The molecule has 21 heavy (non-hydrogen) atoms. The number of halogens is 1. The van der Waals surface area contributed by atoms with Gasteiger partial charge in [0.05, 0.1) is 4.90 Å².